The number of para-hydroxylation sites is 1. The average Bonchev–Trinajstić information content (AvgIpc) is 2.36. The van der Waals surface area contributed by atoms with Gasteiger partial charge in [-0.3, -0.25) is 9.59 Å². The Morgan fingerprint density at radius 2 is 1.89 bits per heavy atom. The fourth-order valence-corrected chi connectivity index (χ4v) is 1.74. The average molecular weight is 264 g/mol. The van der Waals surface area contributed by atoms with Crippen LogP contribution in [-0.4, -0.2) is 23.0 Å². The van der Waals surface area contributed by atoms with E-state index in [0.717, 1.165) is 0 Å². The van der Waals surface area contributed by atoms with Crippen LogP contribution in [0.3, 0.4) is 0 Å². The van der Waals surface area contributed by atoms with E-state index in [1.807, 2.05) is 13.8 Å². The quantitative estimate of drug-likeness (QED) is 0.749. The molecule has 1 aromatic rings. The number of aliphatic hydroxyl groups excluding tert-OH is 1. The molecule has 0 aromatic heterocycles. The Morgan fingerprint density at radius 1 is 1.26 bits per heavy atom. The molecule has 1 unspecified atom stereocenters. The third-order valence-electron chi connectivity index (χ3n) is 2.75. The fourth-order valence-electron chi connectivity index (χ4n) is 1.74. The first kappa shape index (κ1) is 15.2. The highest BCUT2D eigenvalue weighted by Crippen LogP contribution is 2.16. The van der Waals surface area contributed by atoms with E-state index in [9.17, 15) is 14.7 Å². The Bertz CT molecular complexity index is 458. The largest absolute Gasteiger partial charge is 0.392 e. The molecule has 104 valence electrons. The van der Waals surface area contributed by atoms with Gasteiger partial charge in [-0.15, -0.1) is 0 Å². The highest BCUT2D eigenvalue weighted by atomic mass is 16.3. The first-order chi connectivity index (χ1) is 8.95. The molecule has 1 aromatic carbocycles. The highest BCUT2D eigenvalue weighted by Gasteiger charge is 2.23. The monoisotopic (exact) mass is 264 g/mol. The van der Waals surface area contributed by atoms with Crippen LogP contribution in [0, 0.1) is 5.92 Å². The lowest BCUT2D eigenvalue weighted by Gasteiger charge is -2.21. The molecule has 0 radical (unpaired) electrons. The van der Waals surface area contributed by atoms with Gasteiger partial charge in [0, 0.05) is 18.2 Å². The van der Waals surface area contributed by atoms with Crippen LogP contribution in [0.5, 0.6) is 0 Å². The molecule has 0 aliphatic rings. The number of aliphatic hydroxyl groups is 1. The van der Waals surface area contributed by atoms with Gasteiger partial charge in [0.2, 0.25) is 11.8 Å². The molecule has 0 heterocycles. The second kappa shape index (κ2) is 6.89. The van der Waals surface area contributed by atoms with Crippen LogP contribution in [0.1, 0.15) is 26.3 Å². The van der Waals surface area contributed by atoms with E-state index in [2.05, 4.69) is 10.6 Å². The van der Waals surface area contributed by atoms with Crippen LogP contribution >= 0.6 is 0 Å². The molecule has 0 saturated heterocycles. The summed E-state index contributed by atoms with van der Waals surface area (Å²) in [5.41, 5.74) is 1.20. The maximum atomic E-state index is 12.2. The maximum absolute atomic E-state index is 12.2. The number of rotatable bonds is 5. The van der Waals surface area contributed by atoms with Crippen molar-refractivity contribution in [1.29, 1.82) is 0 Å². The van der Waals surface area contributed by atoms with Crippen LogP contribution in [0.15, 0.2) is 24.3 Å². The number of nitrogens with one attached hydrogen (secondary N) is 2. The molecule has 0 fully saturated rings. The molecule has 1 rings (SSSR count). The van der Waals surface area contributed by atoms with E-state index in [-0.39, 0.29) is 24.3 Å². The van der Waals surface area contributed by atoms with Gasteiger partial charge in [0.25, 0.3) is 0 Å². The van der Waals surface area contributed by atoms with Crippen LogP contribution < -0.4 is 10.6 Å². The minimum absolute atomic E-state index is 0.0230. The number of carbonyl (C=O) groups excluding carboxylic acids is 2. The smallest absolute Gasteiger partial charge is 0.247 e. The summed E-state index contributed by atoms with van der Waals surface area (Å²) in [6, 6.07) is 6.42. The minimum atomic E-state index is -0.593. The van der Waals surface area contributed by atoms with Crippen LogP contribution in [-0.2, 0) is 16.2 Å². The summed E-state index contributed by atoms with van der Waals surface area (Å²) in [4.78, 5) is 23.3. The van der Waals surface area contributed by atoms with E-state index >= 15 is 0 Å². The lowest BCUT2D eigenvalue weighted by atomic mass is 10.0. The van der Waals surface area contributed by atoms with Gasteiger partial charge >= 0.3 is 0 Å². The Labute approximate surface area is 113 Å². The van der Waals surface area contributed by atoms with Gasteiger partial charge in [-0.05, 0) is 12.0 Å². The van der Waals surface area contributed by atoms with Crippen LogP contribution in [0.2, 0.25) is 0 Å². The van der Waals surface area contributed by atoms with Crippen molar-refractivity contribution in [1.82, 2.24) is 5.32 Å². The summed E-state index contributed by atoms with van der Waals surface area (Å²) in [5, 5.41) is 14.6. The van der Waals surface area contributed by atoms with E-state index in [0.29, 0.717) is 11.3 Å². The van der Waals surface area contributed by atoms with Crippen molar-refractivity contribution in [2.45, 2.75) is 33.4 Å². The summed E-state index contributed by atoms with van der Waals surface area (Å²) >= 11 is 0. The maximum Gasteiger partial charge on any atom is 0.247 e. The molecular formula is C14H20N2O3. The van der Waals surface area contributed by atoms with Crippen molar-refractivity contribution in [2.24, 2.45) is 5.92 Å². The van der Waals surface area contributed by atoms with Crippen molar-refractivity contribution in [2.75, 3.05) is 5.32 Å². The van der Waals surface area contributed by atoms with Crippen LogP contribution in [0.25, 0.3) is 0 Å². The minimum Gasteiger partial charge on any atom is -0.392 e. The second-order valence-corrected chi connectivity index (χ2v) is 4.73. The summed E-state index contributed by atoms with van der Waals surface area (Å²) in [5.74, 6) is -0.555. The van der Waals surface area contributed by atoms with Gasteiger partial charge in [0.1, 0.15) is 6.04 Å². The number of hydrogen-bond donors (Lipinski definition) is 3. The van der Waals surface area contributed by atoms with E-state index in [1.165, 1.54) is 6.92 Å². The van der Waals surface area contributed by atoms with E-state index < -0.39 is 6.04 Å². The Balaban J connectivity index is 2.84. The molecule has 5 nitrogen and oxygen atoms in total. The van der Waals surface area contributed by atoms with Crippen molar-refractivity contribution >= 4 is 17.5 Å². The molecular weight excluding hydrogens is 244 g/mol. The van der Waals surface area contributed by atoms with Crippen LogP contribution in [0.4, 0.5) is 5.69 Å². The van der Waals surface area contributed by atoms with Gasteiger partial charge in [-0.2, -0.15) is 0 Å². The van der Waals surface area contributed by atoms with Gasteiger partial charge < -0.3 is 15.7 Å². The van der Waals surface area contributed by atoms with Crippen molar-refractivity contribution in [3.05, 3.63) is 29.8 Å². The predicted molar refractivity (Wildman–Crippen MR) is 73.4 cm³/mol. The Morgan fingerprint density at radius 3 is 2.42 bits per heavy atom. The normalized spacial score (nSPS) is 12.1. The first-order valence-electron chi connectivity index (χ1n) is 6.22. The molecule has 0 saturated carbocycles. The SMILES string of the molecule is CC(=O)NC(C(=O)Nc1ccccc1CO)C(C)C. The van der Waals surface area contributed by atoms with Gasteiger partial charge in [-0.1, -0.05) is 32.0 Å². The fraction of sp³-hybridized carbons (Fsp3) is 0.429. The number of hydrogen-bond acceptors (Lipinski definition) is 3. The van der Waals surface area contributed by atoms with Gasteiger partial charge in [0.15, 0.2) is 0 Å². The number of amides is 2. The summed E-state index contributed by atoms with van der Waals surface area (Å²) < 4.78 is 0. The molecule has 0 spiro atoms. The third-order valence-corrected chi connectivity index (χ3v) is 2.75. The molecule has 5 heteroatoms. The number of benzene rings is 1. The summed E-state index contributed by atoms with van der Waals surface area (Å²) in [6.45, 7) is 4.95. The first-order valence-corrected chi connectivity index (χ1v) is 6.22. The zero-order valence-corrected chi connectivity index (χ0v) is 11.4. The zero-order chi connectivity index (χ0) is 14.4. The zero-order valence-electron chi connectivity index (χ0n) is 11.4. The Kier molecular flexibility index (Phi) is 5.51. The van der Waals surface area contributed by atoms with Crippen molar-refractivity contribution in [3.8, 4) is 0 Å². The van der Waals surface area contributed by atoms with E-state index in [4.69, 9.17) is 0 Å². The molecule has 1 atom stereocenters. The molecule has 0 aliphatic heterocycles. The van der Waals surface area contributed by atoms with Crippen molar-refractivity contribution in [3.63, 3.8) is 0 Å². The molecule has 2 amide bonds. The lowest BCUT2D eigenvalue weighted by molar-refractivity contribution is -0.126. The highest BCUT2D eigenvalue weighted by molar-refractivity contribution is 5.97. The summed E-state index contributed by atoms with van der Waals surface area (Å²) in [7, 11) is 0. The Hall–Kier alpha value is -1.88. The second-order valence-electron chi connectivity index (χ2n) is 4.73. The summed E-state index contributed by atoms with van der Waals surface area (Å²) in [6.07, 6.45) is 0. The van der Waals surface area contributed by atoms with E-state index in [1.54, 1.807) is 24.3 Å². The number of anilines is 1. The standard InChI is InChI=1S/C14H20N2O3/c1-9(2)13(15-10(3)18)14(19)16-12-7-5-4-6-11(12)8-17/h4-7,9,13,17H,8H2,1-3H3,(H,15,18)(H,16,19). The number of carbonyl (C=O) groups is 2. The molecule has 0 bridgehead atoms. The molecule has 0 aliphatic carbocycles. The lowest BCUT2D eigenvalue weighted by Crippen LogP contribution is -2.46. The molecule has 3 N–H and O–H groups in total. The third kappa shape index (κ3) is 4.37. The molecule has 19 heavy (non-hydrogen) atoms. The van der Waals surface area contributed by atoms with Gasteiger partial charge in [0.05, 0.1) is 6.61 Å². The predicted octanol–water partition coefficient (Wildman–Crippen LogP) is 1.28. The van der Waals surface area contributed by atoms with Crippen molar-refractivity contribution < 1.29 is 14.7 Å². The van der Waals surface area contributed by atoms with Gasteiger partial charge in [-0.25, -0.2) is 0 Å². The topological polar surface area (TPSA) is 78.4 Å².